The maximum Gasteiger partial charge on any atom is 0.143 e. The SMILES string of the molecule is c1ccc(-c2ccccc2-c2c(-c3ccccc3)cccc2-c2ccccc2N(c2ccc(-c3cccc4c3oc3ccccc34)cc2)c2ccc(-c3cccc4c3oc3ccccc34)cc2)cc1. The third kappa shape index (κ3) is 6.99. The van der Waals surface area contributed by atoms with Crippen molar-refractivity contribution in [3.05, 3.63) is 261 Å². The molecule has 69 heavy (non-hydrogen) atoms. The summed E-state index contributed by atoms with van der Waals surface area (Å²) in [6.07, 6.45) is 0. The van der Waals surface area contributed by atoms with Gasteiger partial charge in [0.1, 0.15) is 22.3 Å². The molecule has 0 unspecified atom stereocenters. The van der Waals surface area contributed by atoms with Crippen molar-refractivity contribution in [1.29, 1.82) is 0 Å². The summed E-state index contributed by atoms with van der Waals surface area (Å²) in [6.45, 7) is 0. The molecule has 3 nitrogen and oxygen atoms in total. The van der Waals surface area contributed by atoms with Gasteiger partial charge in [-0.25, -0.2) is 0 Å². The minimum absolute atomic E-state index is 0.890. The van der Waals surface area contributed by atoms with Gasteiger partial charge in [0, 0.05) is 49.6 Å². The number of anilines is 3. The number of rotatable bonds is 9. The van der Waals surface area contributed by atoms with Crippen molar-refractivity contribution >= 4 is 60.9 Å². The molecule has 0 saturated heterocycles. The smallest absolute Gasteiger partial charge is 0.143 e. The molecule has 13 aromatic rings. The van der Waals surface area contributed by atoms with Gasteiger partial charge in [0.15, 0.2) is 0 Å². The van der Waals surface area contributed by atoms with Crippen LogP contribution in [0.15, 0.2) is 270 Å². The van der Waals surface area contributed by atoms with Gasteiger partial charge in [0.05, 0.1) is 5.69 Å². The van der Waals surface area contributed by atoms with E-state index >= 15 is 0 Å². The Morgan fingerprint density at radius 1 is 0.232 bits per heavy atom. The first kappa shape index (κ1) is 40.1. The summed E-state index contributed by atoms with van der Waals surface area (Å²) in [4.78, 5) is 2.40. The molecular weight excluding hydrogens is 839 g/mol. The Hall–Kier alpha value is -9.18. The van der Waals surface area contributed by atoms with Gasteiger partial charge in [-0.05, 0) is 92.5 Å². The van der Waals surface area contributed by atoms with E-state index in [9.17, 15) is 0 Å². The number of nitrogens with zero attached hydrogens (tertiary/aromatic N) is 1. The average Bonchev–Trinajstić information content (AvgIpc) is 4.01. The Bertz CT molecular complexity index is 3840. The average molecular weight is 882 g/mol. The van der Waals surface area contributed by atoms with Crippen LogP contribution in [-0.2, 0) is 0 Å². The lowest BCUT2D eigenvalue weighted by molar-refractivity contribution is 0.669. The van der Waals surface area contributed by atoms with Crippen LogP contribution in [0.1, 0.15) is 0 Å². The third-order valence-corrected chi connectivity index (χ3v) is 13.5. The predicted octanol–water partition coefficient (Wildman–Crippen LogP) is 19.0. The highest BCUT2D eigenvalue weighted by molar-refractivity contribution is 6.11. The lowest BCUT2D eigenvalue weighted by atomic mass is 9.84. The van der Waals surface area contributed by atoms with Crippen molar-refractivity contribution in [1.82, 2.24) is 0 Å². The Balaban J connectivity index is 1.00. The highest BCUT2D eigenvalue weighted by Crippen LogP contribution is 2.49. The molecular formula is C66H43NO2. The second-order valence-corrected chi connectivity index (χ2v) is 17.5. The number of benzene rings is 11. The van der Waals surface area contributed by atoms with Crippen LogP contribution in [0.2, 0.25) is 0 Å². The first-order valence-electron chi connectivity index (χ1n) is 23.5. The number of para-hydroxylation sites is 5. The van der Waals surface area contributed by atoms with Crippen LogP contribution in [0.4, 0.5) is 17.1 Å². The monoisotopic (exact) mass is 881 g/mol. The first-order valence-corrected chi connectivity index (χ1v) is 23.5. The lowest BCUT2D eigenvalue weighted by Crippen LogP contribution is -2.11. The molecule has 0 spiro atoms. The van der Waals surface area contributed by atoms with Crippen LogP contribution in [0.3, 0.4) is 0 Å². The largest absolute Gasteiger partial charge is 0.455 e. The highest BCUT2D eigenvalue weighted by Gasteiger charge is 2.24. The van der Waals surface area contributed by atoms with E-state index in [1.807, 2.05) is 24.3 Å². The van der Waals surface area contributed by atoms with Crippen molar-refractivity contribution in [2.24, 2.45) is 0 Å². The van der Waals surface area contributed by atoms with Gasteiger partial charge in [-0.3, -0.25) is 0 Å². The quantitative estimate of drug-likeness (QED) is 0.145. The van der Waals surface area contributed by atoms with E-state index in [-0.39, 0.29) is 0 Å². The van der Waals surface area contributed by atoms with E-state index in [1.54, 1.807) is 0 Å². The van der Waals surface area contributed by atoms with E-state index in [0.29, 0.717) is 0 Å². The van der Waals surface area contributed by atoms with Crippen LogP contribution < -0.4 is 4.90 Å². The van der Waals surface area contributed by atoms with Crippen molar-refractivity contribution in [2.45, 2.75) is 0 Å². The Morgan fingerprint density at radius 2 is 0.609 bits per heavy atom. The van der Waals surface area contributed by atoms with Crippen LogP contribution in [0.25, 0.3) is 111 Å². The molecule has 0 atom stereocenters. The molecule has 3 heteroatoms. The van der Waals surface area contributed by atoms with Gasteiger partial charge in [-0.15, -0.1) is 0 Å². The number of furan rings is 2. The summed E-state index contributed by atoms with van der Waals surface area (Å²) in [5, 5.41) is 4.47. The lowest BCUT2D eigenvalue weighted by Gasteiger charge is -2.29. The molecule has 11 aromatic carbocycles. The van der Waals surface area contributed by atoms with Gasteiger partial charge in [-0.2, -0.15) is 0 Å². The molecule has 0 aliphatic heterocycles. The van der Waals surface area contributed by atoms with Gasteiger partial charge in [-0.1, -0.05) is 218 Å². The topological polar surface area (TPSA) is 29.5 Å². The summed E-state index contributed by atoms with van der Waals surface area (Å²) in [6, 6.07) is 93.2. The van der Waals surface area contributed by atoms with Gasteiger partial charge >= 0.3 is 0 Å². The molecule has 2 aromatic heterocycles. The normalized spacial score (nSPS) is 11.5. The molecule has 0 radical (unpaired) electrons. The zero-order chi connectivity index (χ0) is 45.7. The third-order valence-electron chi connectivity index (χ3n) is 13.5. The zero-order valence-corrected chi connectivity index (χ0v) is 37.6. The van der Waals surface area contributed by atoms with Crippen molar-refractivity contribution in [2.75, 3.05) is 4.90 Å². The molecule has 0 fully saturated rings. The van der Waals surface area contributed by atoms with E-state index in [1.165, 1.54) is 27.8 Å². The zero-order valence-electron chi connectivity index (χ0n) is 37.6. The van der Waals surface area contributed by atoms with Crippen molar-refractivity contribution < 1.29 is 8.83 Å². The Kier molecular flexibility index (Phi) is 9.84. The minimum Gasteiger partial charge on any atom is -0.455 e. The Morgan fingerprint density at radius 3 is 1.17 bits per heavy atom. The van der Waals surface area contributed by atoms with Crippen LogP contribution in [0, 0.1) is 0 Å². The number of fused-ring (bicyclic) bond motifs is 6. The van der Waals surface area contributed by atoms with E-state index in [0.717, 1.165) is 99.9 Å². The summed E-state index contributed by atoms with van der Waals surface area (Å²) in [5.74, 6) is 0. The molecule has 13 rings (SSSR count). The van der Waals surface area contributed by atoms with E-state index in [4.69, 9.17) is 8.83 Å². The predicted molar refractivity (Wildman–Crippen MR) is 288 cm³/mol. The van der Waals surface area contributed by atoms with Crippen molar-refractivity contribution in [3.8, 4) is 66.8 Å². The molecule has 2 heterocycles. The summed E-state index contributed by atoms with van der Waals surface area (Å²) in [7, 11) is 0. The standard InChI is InChI=1S/C66H43NO2/c1-3-18-44(19-4-1)50-22-7-8-26-57(50)64-51(45-20-5-2-6-21-45)27-15-30-58(64)54-23-9-12-33-61(54)67(48-40-36-46(37-41-48)52-28-16-31-59-55-24-10-13-34-62(55)68-65(52)59)49-42-38-47(39-43-49)53-29-17-32-60-56-25-11-14-35-63(56)69-66(53)60/h1-43H. The first-order chi connectivity index (χ1) is 34.2. The molecule has 0 aliphatic rings. The van der Waals surface area contributed by atoms with Crippen LogP contribution >= 0.6 is 0 Å². The minimum atomic E-state index is 0.890. The fraction of sp³-hybridized carbons (Fsp3) is 0. The molecule has 0 bridgehead atoms. The van der Waals surface area contributed by atoms with Gasteiger partial charge < -0.3 is 13.7 Å². The van der Waals surface area contributed by atoms with Crippen molar-refractivity contribution in [3.63, 3.8) is 0 Å². The van der Waals surface area contributed by atoms with Crippen LogP contribution in [0.5, 0.6) is 0 Å². The highest BCUT2D eigenvalue weighted by atomic mass is 16.3. The molecule has 0 saturated carbocycles. The fourth-order valence-corrected chi connectivity index (χ4v) is 10.3. The fourth-order valence-electron chi connectivity index (χ4n) is 10.3. The second kappa shape index (κ2) is 16.9. The number of hydrogen-bond acceptors (Lipinski definition) is 3. The van der Waals surface area contributed by atoms with Gasteiger partial charge in [0.2, 0.25) is 0 Å². The molecule has 0 amide bonds. The van der Waals surface area contributed by atoms with Gasteiger partial charge in [0.25, 0.3) is 0 Å². The summed E-state index contributed by atoms with van der Waals surface area (Å²) in [5.41, 5.74) is 20.3. The van der Waals surface area contributed by atoms with Crippen LogP contribution in [-0.4, -0.2) is 0 Å². The molecule has 324 valence electrons. The molecule has 0 N–H and O–H groups in total. The second-order valence-electron chi connectivity index (χ2n) is 17.5. The summed E-state index contributed by atoms with van der Waals surface area (Å²) < 4.78 is 13.0. The van der Waals surface area contributed by atoms with E-state index in [2.05, 4.69) is 241 Å². The maximum absolute atomic E-state index is 6.52. The number of hydrogen-bond donors (Lipinski definition) is 0. The van der Waals surface area contributed by atoms with E-state index < -0.39 is 0 Å². The molecule has 0 aliphatic carbocycles. The Labute approximate surface area is 400 Å². The summed E-state index contributed by atoms with van der Waals surface area (Å²) >= 11 is 0. The maximum atomic E-state index is 6.52.